The highest BCUT2D eigenvalue weighted by Gasteiger charge is 2.15. The average Bonchev–Trinajstić information content (AvgIpc) is 2.43. The summed E-state index contributed by atoms with van der Waals surface area (Å²) in [5.41, 5.74) is 2.32. The number of amides is 1. The van der Waals surface area contributed by atoms with Gasteiger partial charge in [0.2, 0.25) is 10.0 Å². The first-order chi connectivity index (χ1) is 10.2. The molecule has 2 rings (SSSR count). The van der Waals surface area contributed by atoms with E-state index in [-0.39, 0.29) is 10.8 Å². The molecule has 3 N–H and O–H groups in total. The van der Waals surface area contributed by atoms with Crippen LogP contribution in [0.2, 0.25) is 5.02 Å². The molecule has 1 amide bonds. The van der Waals surface area contributed by atoms with Crippen LogP contribution in [0, 0.1) is 13.8 Å². The van der Waals surface area contributed by atoms with Gasteiger partial charge in [0.1, 0.15) is 0 Å². The minimum Gasteiger partial charge on any atom is -0.322 e. The summed E-state index contributed by atoms with van der Waals surface area (Å²) in [4.78, 5) is 12.2. The van der Waals surface area contributed by atoms with Crippen LogP contribution in [0.1, 0.15) is 21.5 Å². The van der Waals surface area contributed by atoms with Crippen LogP contribution in [-0.4, -0.2) is 14.3 Å². The van der Waals surface area contributed by atoms with Crippen LogP contribution in [0.5, 0.6) is 0 Å². The second-order valence-electron chi connectivity index (χ2n) is 4.92. The maximum absolute atomic E-state index is 12.2. The zero-order valence-electron chi connectivity index (χ0n) is 12.1. The van der Waals surface area contributed by atoms with E-state index in [4.69, 9.17) is 16.7 Å². The number of benzene rings is 2. The molecule has 0 heterocycles. The van der Waals surface area contributed by atoms with E-state index in [0.717, 1.165) is 11.1 Å². The van der Waals surface area contributed by atoms with Gasteiger partial charge in [-0.3, -0.25) is 4.79 Å². The first-order valence-electron chi connectivity index (χ1n) is 6.39. The third-order valence-corrected chi connectivity index (χ3v) is 4.47. The number of nitrogens with one attached hydrogen (secondary N) is 1. The Morgan fingerprint density at radius 3 is 2.27 bits per heavy atom. The Balaban J connectivity index is 2.38. The normalized spacial score (nSPS) is 11.3. The van der Waals surface area contributed by atoms with Crippen LogP contribution in [0.15, 0.2) is 41.3 Å². The number of halogens is 1. The Morgan fingerprint density at radius 2 is 1.73 bits per heavy atom. The van der Waals surface area contributed by atoms with Gasteiger partial charge in [-0.1, -0.05) is 11.6 Å². The number of anilines is 1. The first-order valence-corrected chi connectivity index (χ1v) is 8.32. The number of sulfonamides is 1. The summed E-state index contributed by atoms with van der Waals surface area (Å²) in [5.74, 6) is -0.356. The molecule has 2 aromatic rings. The van der Waals surface area contributed by atoms with E-state index in [0.29, 0.717) is 16.3 Å². The van der Waals surface area contributed by atoms with Crippen molar-refractivity contribution in [2.45, 2.75) is 18.7 Å². The highest BCUT2D eigenvalue weighted by Crippen LogP contribution is 2.24. The number of hydrogen-bond donors (Lipinski definition) is 2. The van der Waals surface area contributed by atoms with E-state index in [1.54, 1.807) is 38.1 Å². The molecule has 5 nitrogen and oxygen atoms in total. The number of carbonyl (C=O) groups excluding carboxylic acids is 1. The third-order valence-electron chi connectivity index (χ3n) is 3.32. The quantitative estimate of drug-likeness (QED) is 0.901. The summed E-state index contributed by atoms with van der Waals surface area (Å²) in [7, 11) is -3.84. The third kappa shape index (κ3) is 3.65. The van der Waals surface area contributed by atoms with Crippen molar-refractivity contribution < 1.29 is 13.2 Å². The molecule has 0 spiro atoms. The molecule has 0 fully saturated rings. The molecular formula is C15H15ClN2O3S. The standard InChI is InChI=1S/C15H15ClN2O3S/c1-9-7-13(22(17,20)21)8-14(10(9)2)18-15(19)11-3-5-12(16)6-4-11/h3-8H,1-2H3,(H,18,19)(H2,17,20,21). The van der Waals surface area contributed by atoms with Gasteiger partial charge in [-0.2, -0.15) is 0 Å². The molecule has 22 heavy (non-hydrogen) atoms. The van der Waals surface area contributed by atoms with Crippen molar-refractivity contribution in [1.29, 1.82) is 0 Å². The molecule has 0 atom stereocenters. The molecule has 0 saturated carbocycles. The molecule has 0 aliphatic carbocycles. The van der Waals surface area contributed by atoms with Crippen LogP contribution in [0.25, 0.3) is 0 Å². The smallest absolute Gasteiger partial charge is 0.255 e. The molecule has 0 aliphatic rings. The largest absolute Gasteiger partial charge is 0.322 e. The van der Waals surface area contributed by atoms with E-state index >= 15 is 0 Å². The van der Waals surface area contributed by atoms with Crippen molar-refractivity contribution in [2.24, 2.45) is 5.14 Å². The maximum Gasteiger partial charge on any atom is 0.255 e. The molecule has 0 radical (unpaired) electrons. The van der Waals surface area contributed by atoms with Crippen molar-refractivity contribution >= 4 is 33.2 Å². The minimum absolute atomic E-state index is 0.0398. The first kappa shape index (κ1) is 16.5. The lowest BCUT2D eigenvalue weighted by molar-refractivity contribution is 0.102. The second kappa shape index (κ2) is 6.08. The number of primary sulfonamides is 1. The van der Waals surface area contributed by atoms with E-state index in [2.05, 4.69) is 5.32 Å². The van der Waals surface area contributed by atoms with Crippen molar-refractivity contribution in [3.8, 4) is 0 Å². The fourth-order valence-electron chi connectivity index (χ4n) is 1.92. The van der Waals surface area contributed by atoms with Gasteiger partial charge in [-0.25, -0.2) is 13.6 Å². The SMILES string of the molecule is Cc1cc(S(N)(=O)=O)cc(NC(=O)c2ccc(Cl)cc2)c1C. The molecule has 0 saturated heterocycles. The number of nitrogens with two attached hydrogens (primary N) is 1. The highest BCUT2D eigenvalue weighted by atomic mass is 35.5. The fraction of sp³-hybridized carbons (Fsp3) is 0.133. The fourth-order valence-corrected chi connectivity index (χ4v) is 2.67. The van der Waals surface area contributed by atoms with Crippen LogP contribution in [0.4, 0.5) is 5.69 Å². The zero-order valence-corrected chi connectivity index (χ0v) is 13.6. The summed E-state index contributed by atoms with van der Waals surface area (Å²) in [5, 5.41) is 8.37. The molecule has 0 aliphatic heterocycles. The van der Waals surface area contributed by atoms with Crippen molar-refractivity contribution in [1.82, 2.24) is 0 Å². The van der Waals surface area contributed by atoms with Gasteiger partial charge >= 0.3 is 0 Å². The Hall–Kier alpha value is -1.89. The number of hydrogen-bond acceptors (Lipinski definition) is 3. The maximum atomic E-state index is 12.2. The summed E-state index contributed by atoms with van der Waals surface area (Å²) in [6.45, 7) is 3.54. The average molecular weight is 339 g/mol. The second-order valence-corrected chi connectivity index (χ2v) is 6.92. The number of carbonyl (C=O) groups is 1. The van der Waals surface area contributed by atoms with Crippen molar-refractivity contribution in [3.05, 3.63) is 58.1 Å². The van der Waals surface area contributed by atoms with Gasteiger partial charge in [0.25, 0.3) is 5.91 Å². The number of rotatable bonds is 3. The molecule has 0 aromatic heterocycles. The van der Waals surface area contributed by atoms with Crippen LogP contribution < -0.4 is 10.5 Å². The van der Waals surface area contributed by atoms with E-state index in [9.17, 15) is 13.2 Å². The lowest BCUT2D eigenvalue weighted by atomic mass is 10.1. The van der Waals surface area contributed by atoms with Crippen LogP contribution >= 0.6 is 11.6 Å². The summed E-state index contributed by atoms with van der Waals surface area (Å²) in [6.07, 6.45) is 0. The lowest BCUT2D eigenvalue weighted by Crippen LogP contribution is -2.16. The lowest BCUT2D eigenvalue weighted by Gasteiger charge is -2.12. The predicted octanol–water partition coefficient (Wildman–Crippen LogP) is 2.86. The van der Waals surface area contributed by atoms with E-state index < -0.39 is 10.0 Å². The molecule has 2 aromatic carbocycles. The Labute approximate surface area is 134 Å². The van der Waals surface area contributed by atoms with E-state index in [1.165, 1.54) is 12.1 Å². The van der Waals surface area contributed by atoms with Crippen LogP contribution in [0.3, 0.4) is 0 Å². The van der Waals surface area contributed by atoms with Gasteiger partial charge in [0.05, 0.1) is 4.90 Å². The molecule has 0 bridgehead atoms. The van der Waals surface area contributed by atoms with Crippen LogP contribution in [-0.2, 0) is 10.0 Å². The highest BCUT2D eigenvalue weighted by molar-refractivity contribution is 7.89. The summed E-state index contributed by atoms with van der Waals surface area (Å²) in [6, 6.07) is 9.21. The number of aryl methyl sites for hydroxylation is 1. The summed E-state index contributed by atoms with van der Waals surface area (Å²) < 4.78 is 23.0. The van der Waals surface area contributed by atoms with Gasteiger partial charge in [-0.15, -0.1) is 0 Å². The van der Waals surface area contributed by atoms with Crippen molar-refractivity contribution in [2.75, 3.05) is 5.32 Å². The van der Waals surface area contributed by atoms with Crippen molar-refractivity contribution in [3.63, 3.8) is 0 Å². The van der Waals surface area contributed by atoms with Gasteiger partial charge in [-0.05, 0) is 61.4 Å². The molecule has 7 heteroatoms. The Kier molecular flexibility index (Phi) is 4.55. The minimum atomic E-state index is -3.84. The zero-order chi connectivity index (χ0) is 16.5. The van der Waals surface area contributed by atoms with Gasteiger partial charge < -0.3 is 5.32 Å². The van der Waals surface area contributed by atoms with Gasteiger partial charge in [0.15, 0.2) is 0 Å². The predicted molar refractivity (Wildman–Crippen MR) is 86.7 cm³/mol. The van der Waals surface area contributed by atoms with Gasteiger partial charge in [0, 0.05) is 16.3 Å². The summed E-state index contributed by atoms with van der Waals surface area (Å²) >= 11 is 5.78. The molecular weight excluding hydrogens is 324 g/mol. The molecule has 116 valence electrons. The van der Waals surface area contributed by atoms with E-state index in [1.807, 2.05) is 0 Å². The topological polar surface area (TPSA) is 89.3 Å². The Morgan fingerprint density at radius 1 is 1.14 bits per heavy atom. The Bertz CT molecular complexity index is 831. The molecule has 0 unspecified atom stereocenters. The monoisotopic (exact) mass is 338 g/mol.